The molecule has 0 radical (unpaired) electrons. The lowest BCUT2D eigenvalue weighted by Crippen LogP contribution is -2.57. The van der Waals surface area contributed by atoms with Crippen LogP contribution in [0.15, 0.2) is 30.5 Å². The molecule has 0 aliphatic carbocycles. The lowest BCUT2D eigenvalue weighted by atomic mass is 9.99. The summed E-state index contributed by atoms with van der Waals surface area (Å²) in [6.07, 6.45) is 3.44. The van der Waals surface area contributed by atoms with Gasteiger partial charge in [-0.3, -0.25) is 24.0 Å². The Morgan fingerprint density at radius 2 is 1.68 bits per heavy atom. The molecule has 2 aromatic rings. The van der Waals surface area contributed by atoms with Gasteiger partial charge in [0.05, 0.1) is 0 Å². The van der Waals surface area contributed by atoms with Gasteiger partial charge in [-0.25, -0.2) is 0 Å². The fourth-order valence-corrected chi connectivity index (χ4v) is 5.71. The second-order valence-electron chi connectivity index (χ2n) is 10.7. The molecule has 40 heavy (non-hydrogen) atoms. The van der Waals surface area contributed by atoms with Gasteiger partial charge in [-0.05, 0) is 30.9 Å². The number of carbonyl (C=O) groups excluding carboxylic acids is 5. The van der Waals surface area contributed by atoms with Crippen LogP contribution in [0.5, 0.6) is 0 Å². The Bertz CT molecular complexity index is 1210. The van der Waals surface area contributed by atoms with E-state index in [9.17, 15) is 24.0 Å². The summed E-state index contributed by atoms with van der Waals surface area (Å²) in [5, 5.41) is 12.2. The highest BCUT2D eigenvalue weighted by atomic mass is 32.2. The molecule has 0 bridgehead atoms. The van der Waals surface area contributed by atoms with Crippen LogP contribution in [0, 0.1) is 5.92 Å². The number of carbonyl (C=O) groups is 5. The van der Waals surface area contributed by atoms with Crippen LogP contribution < -0.4 is 21.3 Å². The van der Waals surface area contributed by atoms with Gasteiger partial charge in [-0.15, -0.1) is 0 Å². The number of thioether (sulfide) groups is 1. The molecular weight excluding hydrogens is 530 g/mol. The zero-order valence-electron chi connectivity index (χ0n) is 23.7. The van der Waals surface area contributed by atoms with E-state index in [0.29, 0.717) is 25.0 Å². The van der Waals surface area contributed by atoms with Crippen molar-refractivity contribution in [1.82, 2.24) is 26.3 Å². The number of Topliss-reactive ketones (excluding diaryl/α,β-unsaturated/α-hetero) is 1. The first-order valence-corrected chi connectivity index (χ1v) is 15.1. The monoisotopic (exact) mass is 571 g/mol. The second-order valence-corrected chi connectivity index (χ2v) is 11.9. The first-order chi connectivity index (χ1) is 19.1. The predicted molar refractivity (Wildman–Crippen MR) is 157 cm³/mol. The minimum absolute atomic E-state index is 0.0139. The summed E-state index contributed by atoms with van der Waals surface area (Å²) in [5.41, 5.74) is 1.78. The average Bonchev–Trinajstić information content (AvgIpc) is 3.31. The normalized spacial score (nSPS) is 22.9. The second kappa shape index (κ2) is 14.9. The molecule has 3 rings (SSSR count). The highest BCUT2D eigenvalue weighted by molar-refractivity contribution is 7.99. The van der Waals surface area contributed by atoms with Crippen LogP contribution >= 0.6 is 11.8 Å². The molecule has 5 N–H and O–H groups in total. The summed E-state index contributed by atoms with van der Waals surface area (Å²) >= 11 is 1.38. The number of para-hydroxylation sites is 1. The molecule has 1 aromatic heterocycles. The van der Waals surface area contributed by atoms with Crippen molar-refractivity contribution in [2.24, 2.45) is 5.92 Å². The summed E-state index contributed by atoms with van der Waals surface area (Å²) in [4.78, 5) is 67.8. The Morgan fingerprint density at radius 1 is 0.975 bits per heavy atom. The fraction of sp³-hybridized carbons (Fsp3) is 0.552. The largest absolute Gasteiger partial charge is 0.361 e. The number of rotatable bonds is 10. The number of aromatic amines is 1. The zero-order chi connectivity index (χ0) is 29.2. The van der Waals surface area contributed by atoms with Crippen LogP contribution in [0.1, 0.15) is 58.9 Å². The number of hydrogen-bond acceptors (Lipinski definition) is 6. The van der Waals surface area contributed by atoms with Crippen LogP contribution in [-0.4, -0.2) is 70.1 Å². The van der Waals surface area contributed by atoms with E-state index in [-0.39, 0.29) is 36.2 Å². The van der Waals surface area contributed by atoms with Crippen LogP contribution in [0.25, 0.3) is 10.9 Å². The Hall–Kier alpha value is -3.34. The molecule has 1 aliphatic rings. The van der Waals surface area contributed by atoms with E-state index in [1.807, 2.05) is 44.3 Å². The van der Waals surface area contributed by atoms with Gasteiger partial charge in [-0.2, -0.15) is 11.8 Å². The van der Waals surface area contributed by atoms with Crippen molar-refractivity contribution < 1.29 is 24.0 Å². The first kappa shape index (κ1) is 31.2. The molecule has 4 atom stereocenters. The van der Waals surface area contributed by atoms with Crippen LogP contribution in [0.4, 0.5) is 0 Å². The number of H-pyrrole nitrogens is 1. The Morgan fingerprint density at radius 3 is 2.40 bits per heavy atom. The number of fused-ring (bicyclic) bond motifs is 1. The molecule has 4 amide bonds. The van der Waals surface area contributed by atoms with Gasteiger partial charge in [0, 0.05) is 60.3 Å². The van der Waals surface area contributed by atoms with E-state index in [0.717, 1.165) is 16.5 Å². The van der Waals surface area contributed by atoms with Crippen molar-refractivity contribution in [3.8, 4) is 0 Å². The highest BCUT2D eigenvalue weighted by Crippen LogP contribution is 2.20. The van der Waals surface area contributed by atoms with Crippen LogP contribution in [0.3, 0.4) is 0 Å². The van der Waals surface area contributed by atoms with Crippen molar-refractivity contribution >= 4 is 52.1 Å². The number of nitrogens with one attached hydrogen (secondary N) is 5. The molecule has 0 saturated carbocycles. The summed E-state index contributed by atoms with van der Waals surface area (Å²) in [5.74, 6) is -0.691. The van der Waals surface area contributed by atoms with Gasteiger partial charge in [0.15, 0.2) is 0 Å². The number of hydrogen-bond donors (Lipinski definition) is 5. The molecule has 10 nitrogen and oxygen atoms in total. The molecule has 218 valence electrons. The number of aromatic nitrogens is 1. The van der Waals surface area contributed by atoms with Crippen molar-refractivity contribution in [2.75, 3.05) is 11.5 Å². The third kappa shape index (κ3) is 9.11. The molecule has 0 unspecified atom stereocenters. The molecule has 1 saturated heterocycles. The highest BCUT2D eigenvalue weighted by Gasteiger charge is 2.31. The smallest absolute Gasteiger partial charge is 0.244 e. The fourth-order valence-electron chi connectivity index (χ4n) is 4.70. The minimum Gasteiger partial charge on any atom is -0.361 e. The quantitative estimate of drug-likeness (QED) is 0.276. The van der Waals surface area contributed by atoms with Gasteiger partial charge >= 0.3 is 0 Å². The van der Waals surface area contributed by atoms with E-state index in [4.69, 9.17) is 0 Å². The predicted octanol–water partition coefficient (Wildman–Crippen LogP) is 2.22. The van der Waals surface area contributed by atoms with Gasteiger partial charge in [0.2, 0.25) is 23.6 Å². The van der Waals surface area contributed by atoms with E-state index in [2.05, 4.69) is 26.3 Å². The first-order valence-electron chi connectivity index (χ1n) is 13.9. The lowest BCUT2D eigenvalue weighted by molar-refractivity contribution is -0.132. The third-order valence-corrected chi connectivity index (χ3v) is 7.94. The van der Waals surface area contributed by atoms with Crippen molar-refractivity contribution in [3.63, 3.8) is 0 Å². The van der Waals surface area contributed by atoms with Gasteiger partial charge in [0.25, 0.3) is 0 Å². The summed E-state index contributed by atoms with van der Waals surface area (Å²) in [6.45, 7) is 7.37. The van der Waals surface area contributed by atoms with Crippen LogP contribution in [-0.2, 0) is 30.4 Å². The number of benzene rings is 1. The maximum atomic E-state index is 13.6. The Balaban J connectivity index is 1.89. The van der Waals surface area contributed by atoms with Crippen LogP contribution in [0.2, 0.25) is 0 Å². The lowest BCUT2D eigenvalue weighted by Gasteiger charge is -2.25. The van der Waals surface area contributed by atoms with Gasteiger partial charge < -0.3 is 26.3 Å². The van der Waals surface area contributed by atoms with E-state index < -0.39 is 41.9 Å². The van der Waals surface area contributed by atoms with E-state index in [1.165, 1.54) is 11.8 Å². The van der Waals surface area contributed by atoms with Crippen molar-refractivity contribution in [1.29, 1.82) is 0 Å². The van der Waals surface area contributed by atoms with Crippen molar-refractivity contribution in [2.45, 2.75) is 84.0 Å². The van der Waals surface area contributed by atoms with Crippen molar-refractivity contribution in [3.05, 3.63) is 36.0 Å². The Kier molecular flexibility index (Phi) is 11.6. The molecule has 1 fully saturated rings. The summed E-state index contributed by atoms with van der Waals surface area (Å²) in [6, 6.07) is 4.48. The van der Waals surface area contributed by atoms with Gasteiger partial charge in [0.1, 0.15) is 23.9 Å². The average molecular weight is 572 g/mol. The van der Waals surface area contributed by atoms with E-state index in [1.54, 1.807) is 13.8 Å². The number of amides is 4. The molecule has 1 aliphatic heterocycles. The minimum atomic E-state index is -0.959. The summed E-state index contributed by atoms with van der Waals surface area (Å²) < 4.78 is 0. The molecular formula is C29H41N5O5S. The van der Waals surface area contributed by atoms with Gasteiger partial charge in [-0.1, -0.05) is 39.0 Å². The summed E-state index contributed by atoms with van der Waals surface area (Å²) in [7, 11) is 0. The zero-order valence-corrected chi connectivity index (χ0v) is 24.5. The molecule has 1 aromatic carbocycles. The maximum absolute atomic E-state index is 13.6. The molecule has 11 heteroatoms. The topological polar surface area (TPSA) is 149 Å². The Labute approximate surface area is 239 Å². The molecule has 0 spiro atoms. The standard InChI is InChI=1S/C29H41N5O5S/c1-5-21(35)10-11-40-16-25-29(39)33-24(13-19-15-30-23-9-7-6-8-22(19)23)28(38)32-20(12-17(2)3)14-26(36)31-18(4)27(37)34-25/h6-9,15,17-18,20,24-25,30H,5,10-14,16H2,1-4H3,(H,31,36)(H,32,38)(H,33,39)(H,34,37)/t18-,20-,24-,25-/m0/s1. The maximum Gasteiger partial charge on any atom is 0.244 e. The molecule has 2 heterocycles. The number of ketones is 1. The van der Waals surface area contributed by atoms with E-state index >= 15 is 0 Å². The third-order valence-electron chi connectivity index (χ3n) is 6.87. The SMILES string of the molecule is CCC(=O)CCSC[C@@H]1NC(=O)[C@H](C)NC(=O)C[C@H](CC(C)C)NC(=O)[C@H](Cc2c[nH]c3ccccc23)NC1=O.